The van der Waals surface area contributed by atoms with Crippen molar-refractivity contribution < 1.29 is 24.5 Å². The number of carbonyl (C=O) groups is 2. The van der Waals surface area contributed by atoms with Gasteiger partial charge in [-0.3, -0.25) is 9.59 Å². The molecule has 30 heavy (non-hydrogen) atoms. The van der Waals surface area contributed by atoms with Crippen LogP contribution < -0.4 is 0 Å². The van der Waals surface area contributed by atoms with Gasteiger partial charge in [0, 0.05) is 12.8 Å². The SMILES string of the molecule is O=C(CCc1ccccc1)OC1C(=O)CC(O)C1/C(O)=C\CCCc1ccccc1. The summed E-state index contributed by atoms with van der Waals surface area (Å²) in [5.41, 5.74) is 2.22. The van der Waals surface area contributed by atoms with E-state index >= 15 is 0 Å². The molecule has 3 rings (SSSR count). The van der Waals surface area contributed by atoms with E-state index in [-0.39, 0.29) is 24.4 Å². The summed E-state index contributed by atoms with van der Waals surface area (Å²) in [6.07, 6.45) is 2.27. The zero-order valence-electron chi connectivity index (χ0n) is 16.9. The lowest BCUT2D eigenvalue weighted by atomic mass is 9.99. The van der Waals surface area contributed by atoms with E-state index in [9.17, 15) is 19.8 Å². The number of hydrogen-bond acceptors (Lipinski definition) is 5. The molecule has 5 heteroatoms. The van der Waals surface area contributed by atoms with Crippen LogP contribution >= 0.6 is 0 Å². The normalized spacial score (nSPS) is 21.6. The summed E-state index contributed by atoms with van der Waals surface area (Å²) in [6.45, 7) is 0. The van der Waals surface area contributed by atoms with Gasteiger partial charge in [-0.2, -0.15) is 0 Å². The topological polar surface area (TPSA) is 83.8 Å². The molecule has 1 saturated carbocycles. The number of Topliss-reactive ketones (excluding diaryl/α,β-unsaturated/α-hetero) is 1. The van der Waals surface area contributed by atoms with Crippen molar-refractivity contribution in [1.82, 2.24) is 0 Å². The number of ketones is 1. The van der Waals surface area contributed by atoms with Crippen LogP contribution in [-0.2, 0) is 27.2 Å². The predicted molar refractivity (Wildman–Crippen MR) is 114 cm³/mol. The molecule has 1 aliphatic rings. The highest BCUT2D eigenvalue weighted by molar-refractivity contribution is 5.89. The summed E-state index contributed by atoms with van der Waals surface area (Å²) in [7, 11) is 0. The third-order valence-electron chi connectivity index (χ3n) is 5.39. The summed E-state index contributed by atoms with van der Waals surface area (Å²) in [6, 6.07) is 19.6. The average molecular weight is 408 g/mol. The molecule has 0 aliphatic heterocycles. The Morgan fingerprint density at radius 2 is 1.60 bits per heavy atom. The van der Waals surface area contributed by atoms with Crippen molar-refractivity contribution >= 4 is 11.8 Å². The number of ether oxygens (including phenoxy) is 1. The van der Waals surface area contributed by atoms with Crippen molar-refractivity contribution in [3.8, 4) is 0 Å². The van der Waals surface area contributed by atoms with Crippen LogP contribution in [0.3, 0.4) is 0 Å². The maximum atomic E-state index is 12.3. The van der Waals surface area contributed by atoms with Crippen molar-refractivity contribution in [2.24, 2.45) is 5.92 Å². The third kappa shape index (κ3) is 6.04. The molecule has 5 nitrogen and oxygen atoms in total. The first kappa shape index (κ1) is 21.8. The first-order chi connectivity index (χ1) is 14.5. The molecule has 0 bridgehead atoms. The van der Waals surface area contributed by atoms with Crippen molar-refractivity contribution in [3.05, 3.63) is 83.6 Å². The average Bonchev–Trinajstić information content (AvgIpc) is 3.04. The minimum absolute atomic E-state index is 0.0812. The number of carbonyl (C=O) groups excluding carboxylic acids is 2. The molecule has 0 saturated heterocycles. The number of esters is 1. The Morgan fingerprint density at radius 1 is 1.00 bits per heavy atom. The Morgan fingerprint density at radius 3 is 2.23 bits per heavy atom. The lowest BCUT2D eigenvalue weighted by molar-refractivity contribution is -0.156. The summed E-state index contributed by atoms with van der Waals surface area (Å²) in [4.78, 5) is 24.5. The van der Waals surface area contributed by atoms with E-state index in [0.29, 0.717) is 12.8 Å². The smallest absolute Gasteiger partial charge is 0.306 e. The van der Waals surface area contributed by atoms with Gasteiger partial charge < -0.3 is 14.9 Å². The predicted octanol–water partition coefficient (Wildman–Crippen LogP) is 3.95. The molecule has 3 atom stereocenters. The van der Waals surface area contributed by atoms with Crippen molar-refractivity contribution in [3.63, 3.8) is 0 Å². The summed E-state index contributed by atoms with van der Waals surface area (Å²) < 4.78 is 5.38. The van der Waals surface area contributed by atoms with Gasteiger partial charge in [-0.15, -0.1) is 0 Å². The third-order valence-corrected chi connectivity index (χ3v) is 5.39. The fourth-order valence-corrected chi connectivity index (χ4v) is 3.77. The van der Waals surface area contributed by atoms with Crippen LogP contribution in [0.15, 0.2) is 72.5 Å². The van der Waals surface area contributed by atoms with Gasteiger partial charge >= 0.3 is 5.97 Å². The van der Waals surface area contributed by atoms with Crippen LogP contribution in [0.1, 0.15) is 36.8 Å². The Bertz CT molecular complexity index is 860. The molecule has 0 amide bonds. The van der Waals surface area contributed by atoms with Crippen molar-refractivity contribution in [1.29, 1.82) is 0 Å². The number of aliphatic hydroxyl groups is 2. The zero-order valence-corrected chi connectivity index (χ0v) is 16.9. The highest BCUT2D eigenvalue weighted by atomic mass is 16.5. The molecule has 0 spiro atoms. The van der Waals surface area contributed by atoms with Gasteiger partial charge in [0.05, 0.1) is 17.8 Å². The van der Waals surface area contributed by atoms with Crippen LogP contribution in [0.4, 0.5) is 0 Å². The molecule has 158 valence electrons. The fraction of sp³-hybridized carbons (Fsp3) is 0.360. The van der Waals surface area contributed by atoms with Gasteiger partial charge in [0.15, 0.2) is 11.9 Å². The number of unbranched alkanes of at least 4 members (excludes halogenated alkanes) is 1. The second kappa shape index (κ2) is 10.7. The lowest BCUT2D eigenvalue weighted by Crippen LogP contribution is -2.32. The molecule has 1 fully saturated rings. The quantitative estimate of drug-likeness (QED) is 0.373. The lowest BCUT2D eigenvalue weighted by Gasteiger charge is -2.20. The molecule has 2 aromatic carbocycles. The van der Waals surface area contributed by atoms with Gasteiger partial charge in [0.25, 0.3) is 0 Å². The zero-order chi connectivity index (χ0) is 21.3. The van der Waals surface area contributed by atoms with Crippen molar-refractivity contribution in [2.75, 3.05) is 0 Å². The molecule has 2 N–H and O–H groups in total. The highest BCUT2D eigenvalue weighted by Crippen LogP contribution is 2.31. The van der Waals surface area contributed by atoms with Gasteiger partial charge in [0.2, 0.25) is 0 Å². The summed E-state index contributed by atoms with van der Waals surface area (Å²) >= 11 is 0. The van der Waals surface area contributed by atoms with Crippen LogP contribution in [0.5, 0.6) is 0 Å². The summed E-state index contributed by atoms with van der Waals surface area (Å²) in [5.74, 6) is -1.84. The minimum atomic E-state index is -1.13. The molecule has 0 heterocycles. The van der Waals surface area contributed by atoms with E-state index in [1.54, 1.807) is 6.08 Å². The molecule has 0 radical (unpaired) electrons. The van der Waals surface area contributed by atoms with E-state index in [4.69, 9.17) is 4.74 Å². The van der Waals surface area contributed by atoms with E-state index < -0.39 is 24.1 Å². The number of aliphatic hydroxyl groups excluding tert-OH is 2. The van der Waals surface area contributed by atoms with Crippen LogP contribution in [0, 0.1) is 5.92 Å². The summed E-state index contributed by atoms with van der Waals surface area (Å²) in [5, 5.41) is 20.7. The largest absolute Gasteiger partial charge is 0.512 e. The number of hydrogen-bond donors (Lipinski definition) is 2. The van der Waals surface area contributed by atoms with E-state index in [2.05, 4.69) is 0 Å². The molecule has 0 aromatic heterocycles. The fourth-order valence-electron chi connectivity index (χ4n) is 3.77. The van der Waals surface area contributed by atoms with Gasteiger partial charge in [-0.25, -0.2) is 0 Å². The number of benzene rings is 2. The second-order valence-electron chi connectivity index (χ2n) is 7.67. The molecule has 1 aliphatic carbocycles. The van der Waals surface area contributed by atoms with Gasteiger partial charge in [-0.1, -0.05) is 60.7 Å². The number of allylic oxidation sites excluding steroid dienone is 1. The van der Waals surface area contributed by atoms with Crippen molar-refractivity contribution in [2.45, 2.75) is 50.7 Å². The monoisotopic (exact) mass is 408 g/mol. The number of aryl methyl sites for hydroxylation is 2. The van der Waals surface area contributed by atoms with Gasteiger partial charge in [0.1, 0.15) is 0 Å². The van der Waals surface area contributed by atoms with E-state index in [1.165, 1.54) is 5.56 Å². The standard InChI is InChI=1S/C25H28O5/c26-20(14-8-7-13-18-9-3-1-4-10-18)24-21(27)17-22(28)25(24)30-23(29)16-15-19-11-5-2-6-12-19/h1-6,9-12,14,21,24-27H,7-8,13,15-17H2/b20-14+. The van der Waals surface area contributed by atoms with Crippen LogP contribution in [0.25, 0.3) is 0 Å². The molecule has 2 aromatic rings. The number of rotatable bonds is 9. The Kier molecular flexibility index (Phi) is 7.80. The Balaban J connectivity index is 1.53. The van der Waals surface area contributed by atoms with E-state index in [1.807, 2.05) is 60.7 Å². The van der Waals surface area contributed by atoms with Gasteiger partial charge in [-0.05, 0) is 42.9 Å². The first-order valence-corrected chi connectivity index (χ1v) is 10.4. The van der Waals surface area contributed by atoms with Crippen LogP contribution in [-0.4, -0.2) is 34.2 Å². The Hall–Kier alpha value is -2.92. The first-order valence-electron chi connectivity index (χ1n) is 10.4. The van der Waals surface area contributed by atoms with E-state index in [0.717, 1.165) is 18.4 Å². The highest BCUT2D eigenvalue weighted by Gasteiger charge is 2.46. The molecular weight excluding hydrogens is 380 g/mol. The molecule has 3 unspecified atom stereocenters. The second-order valence-corrected chi connectivity index (χ2v) is 7.67. The Labute approximate surface area is 177 Å². The van der Waals surface area contributed by atoms with Crippen LogP contribution in [0.2, 0.25) is 0 Å². The maximum absolute atomic E-state index is 12.3. The maximum Gasteiger partial charge on any atom is 0.306 e. The molecular formula is C25H28O5. The minimum Gasteiger partial charge on any atom is -0.512 e.